The van der Waals surface area contributed by atoms with E-state index in [0.29, 0.717) is 25.0 Å². The van der Waals surface area contributed by atoms with Gasteiger partial charge in [0, 0.05) is 24.8 Å². The Morgan fingerprint density at radius 2 is 2.33 bits per heavy atom. The maximum absolute atomic E-state index is 12.0. The van der Waals surface area contributed by atoms with Gasteiger partial charge in [0.1, 0.15) is 0 Å². The summed E-state index contributed by atoms with van der Waals surface area (Å²) in [7, 11) is 0. The summed E-state index contributed by atoms with van der Waals surface area (Å²) in [6, 6.07) is 0.736. The van der Waals surface area contributed by atoms with Gasteiger partial charge in [0.25, 0.3) is 0 Å². The lowest BCUT2D eigenvalue weighted by Gasteiger charge is -2.13. The molecule has 1 unspecified atom stereocenters. The minimum absolute atomic E-state index is 0.0808. The molecule has 1 aliphatic carbocycles. The van der Waals surface area contributed by atoms with E-state index in [9.17, 15) is 4.79 Å². The highest BCUT2D eigenvalue weighted by atomic mass is 16.2. The molecular formula is C13H22N4O. The van der Waals surface area contributed by atoms with E-state index in [1.54, 1.807) is 0 Å². The molecule has 1 fully saturated rings. The summed E-state index contributed by atoms with van der Waals surface area (Å²) < 4.78 is 1.90. The van der Waals surface area contributed by atoms with E-state index in [-0.39, 0.29) is 11.8 Å². The van der Waals surface area contributed by atoms with E-state index < -0.39 is 0 Å². The average molecular weight is 250 g/mol. The van der Waals surface area contributed by atoms with Gasteiger partial charge in [0.15, 0.2) is 0 Å². The largest absolute Gasteiger partial charge is 0.353 e. The second-order valence-corrected chi connectivity index (χ2v) is 5.34. The Morgan fingerprint density at radius 1 is 1.61 bits per heavy atom. The SMILES string of the molecule is CC(C)n1cc(CC(CN)C(=O)NC2CC2)cn1. The number of carbonyl (C=O) groups is 1. The normalized spacial score (nSPS) is 16.9. The summed E-state index contributed by atoms with van der Waals surface area (Å²) in [5.41, 5.74) is 6.77. The van der Waals surface area contributed by atoms with Crippen molar-refractivity contribution in [3.8, 4) is 0 Å². The Hall–Kier alpha value is -1.36. The number of hydrogen-bond acceptors (Lipinski definition) is 3. The van der Waals surface area contributed by atoms with Crippen molar-refractivity contribution in [1.29, 1.82) is 0 Å². The highest BCUT2D eigenvalue weighted by Crippen LogP contribution is 2.20. The van der Waals surface area contributed by atoms with Crippen LogP contribution in [-0.2, 0) is 11.2 Å². The molecule has 0 bridgehead atoms. The molecule has 0 spiro atoms. The molecule has 1 amide bonds. The molecule has 100 valence electrons. The van der Waals surface area contributed by atoms with E-state index in [0.717, 1.165) is 18.4 Å². The van der Waals surface area contributed by atoms with Gasteiger partial charge in [-0.2, -0.15) is 5.10 Å². The predicted molar refractivity (Wildman–Crippen MR) is 70.0 cm³/mol. The van der Waals surface area contributed by atoms with Crippen LogP contribution in [0.5, 0.6) is 0 Å². The molecule has 3 N–H and O–H groups in total. The highest BCUT2D eigenvalue weighted by Gasteiger charge is 2.27. The van der Waals surface area contributed by atoms with Crippen LogP contribution in [0.1, 0.15) is 38.3 Å². The first-order valence-corrected chi connectivity index (χ1v) is 6.63. The van der Waals surface area contributed by atoms with Crippen molar-refractivity contribution in [2.45, 2.75) is 45.2 Å². The fraction of sp³-hybridized carbons (Fsp3) is 0.692. The monoisotopic (exact) mass is 250 g/mol. The molecule has 0 saturated heterocycles. The zero-order valence-electron chi connectivity index (χ0n) is 11.1. The van der Waals surface area contributed by atoms with Crippen LogP contribution in [0.4, 0.5) is 0 Å². The van der Waals surface area contributed by atoms with E-state index in [4.69, 9.17) is 5.73 Å². The lowest BCUT2D eigenvalue weighted by atomic mass is 10.0. The van der Waals surface area contributed by atoms with Crippen molar-refractivity contribution in [2.24, 2.45) is 11.7 Å². The van der Waals surface area contributed by atoms with Crippen LogP contribution in [-0.4, -0.2) is 28.3 Å². The zero-order valence-corrected chi connectivity index (χ0v) is 11.1. The number of aromatic nitrogens is 2. The Bertz CT molecular complexity index is 409. The topological polar surface area (TPSA) is 72.9 Å². The Morgan fingerprint density at radius 3 is 2.83 bits per heavy atom. The number of amides is 1. The van der Waals surface area contributed by atoms with E-state index >= 15 is 0 Å². The molecule has 1 aromatic rings. The lowest BCUT2D eigenvalue weighted by Crippen LogP contribution is -2.37. The van der Waals surface area contributed by atoms with Crippen LogP contribution >= 0.6 is 0 Å². The van der Waals surface area contributed by atoms with Crippen molar-refractivity contribution in [3.05, 3.63) is 18.0 Å². The molecule has 1 saturated carbocycles. The quantitative estimate of drug-likeness (QED) is 0.786. The van der Waals surface area contributed by atoms with E-state index in [1.165, 1.54) is 0 Å². The summed E-state index contributed by atoms with van der Waals surface area (Å²) in [4.78, 5) is 12.0. The Kier molecular flexibility index (Phi) is 4.01. The van der Waals surface area contributed by atoms with E-state index in [2.05, 4.69) is 24.3 Å². The van der Waals surface area contributed by atoms with Crippen molar-refractivity contribution in [1.82, 2.24) is 15.1 Å². The Balaban J connectivity index is 1.93. The zero-order chi connectivity index (χ0) is 13.1. The molecule has 0 aromatic carbocycles. The summed E-state index contributed by atoms with van der Waals surface area (Å²) in [6.07, 6.45) is 6.70. The molecule has 5 heteroatoms. The molecular weight excluding hydrogens is 228 g/mol. The molecule has 5 nitrogen and oxygen atoms in total. The van der Waals surface area contributed by atoms with Crippen molar-refractivity contribution < 1.29 is 4.79 Å². The number of rotatable bonds is 6. The van der Waals surface area contributed by atoms with Crippen LogP contribution in [0.25, 0.3) is 0 Å². The van der Waals surface area contributed by atoms with Crippen LogP contribution in [0.3, 0.4) is 0 Å². The third-order valence-electron chi connectivity index (χ3n) is 3.25. The first-order chi connectivity index (χ1) is 8.60. The lowest BCUT2D eigenvalue weighted by molar-refractivity contribution is -0.124. The first kappa shape index (κ1) is 13.1. The van der Waals surface area contributed by atoms with Crippen molar-refractivity contribution in [3.63, 3.8) is 0 Å². The van der Waals surface area contributed by atoms with E-state index in [1.807, 2.05) is 17.1 Å². The highest BCUT2D eigenvalue weighted by molar-refractivity contribution is 5.79. The van der Waals surface area contributed by atoms with Gasteiger partial charge in [0.05, 0.1) is 12.1 Å². The molecule has 1 heterocycles. The van der Waals surface area contributed by atoms with Crippen LogP contribution in [0.2, 0.25) is 0 Å². The van der Waals surface area contributed by atoms with Crippen LogP contribution in [0.15, 0.2) is 12.4 Å². The van der Waals surface area contributed by atoms with Crippen LogP contribution < -0.4 is 11.1 Å². The van der Waals surface area contributed by atoms with Crippen molar-refractivity contribution >= 4 is 5.91 Å². The van der Waals surface area contributed by atoms with Gasteiger partial charge < -0.3 is 11.1 Å². The molecule has 1 aliphatic rings. The first-order valence-electron chi connectivity index (χ1n) is 6.63. The van der Waals surface area contributed by atoms with Gasteiger partial charge in [-0.05, 0) is 38.7 Å². The van der Waals surface area contributed by atoms with Gasteiger partial charge in [-0.1, -0.05) is 0 Å². The maximum atomic E-state index is 12.0. The number of hydrogen-bond donors (Lipinski definition) is 2. The summed E-state index contributed by atoms with van der Waals surface area (Å²) in [6.45, 7) is 4.54. The smallest absolute Gasteiger partial charge is 0.224 e. The maximum Gasteiger partial charge on any atom is 0.224 e. The number of nitrogens with two attached hydrogens (primary N) is 1. The number of carbonyl (C=O) groups excluding carboxylic acids is 1. The van der Waals surface area contributed by atoms with Crippen molar-refractivity contribution in [2.75, 3.05) is 6.54 Å². The third-order valence-corrected chi connectivity index (χ3v) is 3.25. The predicted octanol–water partition coefficient (Wildman–Crippen LogP) is 0.860. The van der Waals surface area contributed by atoms with Gasteiger partial charge in [-0.25, -0.2) is 0 Å². The second-order valence-electron chi connectivity index (χ2n) is 5.34. The third kappa shape index (κ3) is 3.32. The van der Waals surface area contributed by atoms with Gasteiger partial charge in [0.2, 0.25) is 5.91 Å². The fourth-order valence-electron chi connectivity index (χ4n) is 1.88. The summed E-state index contributed by atoms with van der Waals surface area (Å²) >= 11 is 0. The fourth-order valence-corrected chi connectivity index (χ4v) is 1.88. The van der Waals surface area contributed by atoms with Crippen LogP contribution in [0, 0.1) is 5.92 Å². The standard InChI is InChI=1S/C13H22N4O/c1-9(2)17-8-10(7-15-17)5-11(6-14)13(18)16-12-3-4-12/h7-9,11-12H,3-6,14H2,1-2H3,(H,16,18). The molecule has 18 heavy (non-hydrogen) atoms. The summed E-state index contributed by atoms with van der Waals surface area (Å²) in [5, 5.41) is 7.29. The second kappa shape index (κ2) is 5.52. The minimum atomic E-state index is -0.143. The van der Waals surface area contributed by atoms with Gasteiger partial charge >= 0.3 is 0 Å². The molecule has 0 aliphatic heterocycles. The summed E-state index contributed by atoms with van der Waals surface area (Å²) in [5.74, 6) is -0.0623. The molecule has 1 aromatic heterocycles. The van der Waals surface area contributed by atoms with Gasteiger partial charge in [-0.3, -0.25) is 9.48 Å². The van der Waals surface area contributed by atoms with Gasteiger partial charge in [-0.15, -0.1) is 0 Å². The average Bonchev–Trinajstić information content (AvgIpc) is 3.01. The molecule has 1 atom stereocenters. The number of nitrogens with zero attached hydrogens (tertiary/aromatic N) is 2. The minimum Gasteiger partial charge on any atom is -0.353 e. The Labute approximate surface area is 108 Å². The molecule has 2 rings (SSSR count). The number of nitrogens with one attached hydrogen (secondary N) is 1. The molecule has 0 radical (unpaired) electrons.